The molecular formula is C17H18N8O5S3. The number of carboxylic acid groups (broad SMARTS) is 1. The summed E-state index contributed by atoms with van der Waals surface area (Å²) >= 11 is 3.73. The molecule has 0 spiro atoms. The monoisotopic (exact) mass is 510 g/mol. The van der Waals surface area contributed by atoms with E-state index in [1.807, 2.05) is 14.0 Å². The van der Waals surface area contributed by atoms with Crippen LogP contribution in [0.5, 0.6) is 0 Å². The number of hydrogen-bond donors (Lipinski definition) is 4. The summed E-state index contributed by atoms with van der Waals surface area (Å²) in [5, 5.41) is 34.2. The summed E-state index contributed by atoms with van der Waals surface area (Å²) in [4.78, 5) is 42.4. The highest BCUT2D eigenvalue weighted by Gasteiger charge is 2.54. The molecule has 1 fully saturated rings. The Morgan fingerprint density at radius 2 is 2.18 bits per heavy atom. The Bertz CT molecular complexity index is 1210. The first-order valence-corrected chi connectivity index (χ1v) is 12.3. The van der Waals surface area contributed by atoms with Gasteiger partial charge < -0.3 is 25.9 Å². The highest BCUT2D eigenvalue weighted by Crippen LogP contribution is 2.41. The molecule has 1 unspecified atom stereocenters. The van der Waals surface area contributed by atoms with E-state index >= 15 is 0 Å². The van der Waals surface area contributed by atoms with E-state index < -0.39 is 29.2 Å². The van der Waals surface area contributed by atoms with E-state index in [-0.39, 0.29) is 22.2 Å². The SMILES string of the molecule is Cc1nnc(SCC2=C(C(=O)O)N3C(=O)C(NC(=O)C(=NO)c4csc(N)n4)[C@@H]3SC2)n1C. The van der Waals surface area contributed by atoms with Gasteiger partial charge in [-0.05, 0) is 12.5 Å². The van der Waals surface area contributed by atoms with Crippen LogP contribution in [0.15, 0.2) is 27.0 Å². The number of oxime groups is 1. The van der Waals surface area contributed by atoms with Crippen LogP contribution in [0.1, 0.15) is 11.5 Å². The lowest BCUT2D eigenvalue weighted by atomic mass is 10.0. The van der Waals surface area contributed by atoms with Gasteiger partial charge in [0.05, 0.1) is 0 Å². The van der Waals surface area contributed by atoms with E-state index in [0.717, 1.165) is 17.2 Å². The second-order valence-electron chi connectivity index (χ2n) is 7.02. The number of aliphatic carboxylic acids is 1. The van der Waals surface area contributed by atoms with Crippen molar-refractivity contribution in [3.05, 3.63) is 28.2 Å². The average Bonchev–Trinajstić information content (AvgIpc) is 3.35. The number of rotatable bonds is 7. The number of β-lactam (4-membered cyclic amide) rings is 1. The summed E-state index contributed by atoms with van der Waals surface area (Å²) in [7, 11) is 1.81. The standard InChI is InChI=1S/C17H18N8O5S3/c1-6-21-22-17(24(6)2)33-4-7-3-31-14-10(13(27)25(14)11(7)15(28)29)20-12(26)9(23-30)8-5-32-16(18)19-8/h5,10,14,30H,3-4H2,1-2H3,(H2,18,19)(H,20,26)(H,28,29)/t10?,14-/m0/s1. The molecule has 0 saturated carbocycles. The molecule has 2 aliphatic heterocycles. The van der Waals surface area contributed by atoms with Gasteiger partial charge in [0.15, 0.2) is 16.0 Å². The van der Waals surface area contributed by atoms with Gasteiger partial charge in [0.1, 0.15) is 28.6 Å². The van der Waals surface area contributed by atoms with Gasteiger partial charge in [-0.2, -0.15) is 0 Å². The molecule has 174 valence electrons. The van der Waals surface area contributed by atoms with Gasteiger partial charge in [0, 0.05) is 23.9 Å². The molecule has 5 N–H and O–H groups in total. The molecule has 2 atom stereocenters. The van der Waals surface area contributed by atoms with Crippen molar-refractivity contribution < 1.29 is 24.7 Å². The Morgan fingerprint density at radius 3 is 2.76 bits per heavy atom. The predicted molar refractivity (Wildman–Crippen MR) is 121 cm³/mol. The number of aryl methyl sites for hydroxylation is 1. The number of thiazole rings is 1. The molecule has 0 bridgehead atoms. The summed E-state index contributed by atoms with van der Waals surface area (Å²) in [6, 6.07) is -0.972. The second kappa shape index (κ2) is 9.03. The van der Waals surface area contributed by atoms with Crippen LogP contribution in [-0.4, -0.2) is 81.4 Å². The summed E-state index contributed by atoms with van der Waals surface area (Å²) in [5.41, 5.74) is 5.71. The molecule has 2 amide bonds. The van der Waals surface area contributed by atoms with Crippen LogP contribution < -0.4 is 11.1 Å². The maximum atomic E-state index is 12.8. The normalized spacial score (nSPS) is 20.5. The van der Waals surface area contributed by atoms with Gasteiger partial charge in [-0.1, -0.05) is 16.9 Å². The topological polar surface area (TPSA) is 189 Å². The first kappa shape index (κ1) is 23.1. The molecule has 16 heteroatoms. The van der Waals surface area contributed by atoms with Crippen LogP contribution in [0, 0.1) is 6.92 Å². The lowest BCUT2D eigenvalue weighted by Crippen LogP contribution is -2.71. The fourth-order valence-corrected chi connectivity index (χ4v) is 6.27. The number of carbonyl (C=O) groups is 3. The average molecular weight is 511 g/mol. The number of nitrogen functional groups attached to an aromatic ring is 1. The minimum Gasteiger partial charge on any atom is -0.477 e. The molecule has 2 aromatic heterocycles. The maximum Gasteiger partial charge on any atom is 0.352 e. The van der Waals surface area contributed by atoms with Crippen molar-refractivity contribution >= 4 is 63.5 Å². The number of hydrogen-bond acceptors (Lipinski definition) is 12. The number of aromatic nitrogens is 4. The van der Waals surface area contributed by atoms with Crippen molar-refractivity contribution in [1.29, 1.82) is 0 Å². The van der Waals surface area contributed by atoms with Crippen LogP contribution >= 0.6 is 34.9 Å². The molecule has 0 aliphatic carbocycles. The zero-order valence-electron chi connectivity index (χ0n) is 17.3. The number of nitrogens with zero attached hydrogens (tertiary/aromatic N) is 6. The molecule has 13 nitrogen and oxygen atoms in total. The Kier molecular flexibility index (Phi) is 6.31. The van der Waals surface area contributed by atoms with Crippen molar-refractivity contribution in [3.63, 3.8) is 0 Å². The number of nitrogens with two attached hydrogens (primary N) is 1. The van der Waals surface area contributed by atoms with Crippen molar-refractivity contribution in [1.82, 2.24) is 30.0 Å². The van der Waals surface area contributed by atoms with Gasteiger partial charge in [-0.3, -0.25) is 14.5 Å². The van der Waals surface area contributed by atoms with Gasteiger partial charge in [0.2, 0.25) is 0 Å². The van der Waals surface area contributed by atoms with E-state index in [9.17, 15) is 24.7 Å². The Morgan fingerprint density at radius 1 is 1.42 bits per heavy atom. The first-order valence-electron chi connectivity index (χ1n) is 9.36. The van der Waals surface area contributed by atoms with E-state index in [1.54, 1.807) is 4.57 Å². The fourth-order valence-electron chi connectivity index (χ4n) is 3.28. The molecular weight excluding hydrogens is 492 g/mol. The quantitative estimate of drug-likeness (QED) is 0.128. The van der Waals surface area contributed by atoms with E-state index in [2.05, 4.69) is 25.7 Å². The third-order valence-electron chi connectivity index (χ3n) is 5.04. The number of nitrogens with one attached hydrogen (secondary N) is 1. The highest BCUT2D eigenvalue weighted by atomic mass is 32.2. The molecule has 2 aliphatic rings. The van der Waals surface area contributed by atoms with Gasteiger partial charge in [-0.25, -0.2) is 9.78 Å². The van der Waals surface area contributed by atoms with Gasteiger partial charge in [0.25, 0.3) is 11.8 Å². The first-order chi connectivity index (χ1) is 15.7. The number of anilines is 1. The minimum atomic E-state index is -1.22. The van der Waals surface area contributed by atoms with Gasteiger partial charge >= 0.3 is 5.97 Å². The third-order valence-corrected chi connectivity index (χ3v) is 8.16. The molecule has 4 heterocycles. The fraction of sp³-hybridized carbons (Fsp3) is 0.353. The Labute approximate surface area is 199 Å². The number of amides is 2. The van der Waals surface area contributed by atoms with Gasteiger partial charge in [-0.15, -0.1) is 33.3 Å². The molecule has 2 aromatic rings. The molecule has 0 aromatic carbocycles. The summed E-state index contributed by atoms with van der Waals surface area (Å²) in [5.74, 6) is -1.20. The second-order valence-corrected chi connectivity index (χ2v) is 9.95. The van der Waals surface area contributed by atoms with Crippen LogP contribution in [0.3, 0.4) is 0 Å². The molecule has 4 rings (SSSR count). The zero-order chi connectivity index (χ0) is 23.9. The van der Waals surface area contributed by atoms with Crippen LogP contribution in [0.4, 0.5) is 5.13 Å². The Hall–Kier alpha value is -3.11. The van der Waals surface area contributed by atoms with Crippen molar-refractivity contribution in [2.24, 2.45) is 12.2 Å². The maximum absolute atomic E-state index is 12.8. The summed E-state index contributed by atoms with van der Waals surface area (Å²) in [6.07, 6.45) is 0. The van der Waals surface area contributed by atoms with Crippen LogP contribution in [-0.2, 0) is 21.4 Å². The van der Waals surface area contributed by atoms with Crippen molar-refractivity contribution in [2.45, 2.75) is 23.5 Å². The summed E-state index contributed by atoms with van der Waals surface area (Å²) in [6.45, 7) is 1.81. The number of carbonyl (C=O) groups excluding carboxylic acids is 2. The van der Waals surface area contributed by atoms with Crippen molar-refractivity contribution in [2.75, 3.05) is 17.2 Å². The number of carboxylic acids is 1. The number of thioether (sulfide) groups is 2. The molecule has 33 heavy (non-hydrogen) atoms. The van der Waals surface area contributed by atoms with Crippen molar-refractivity contribution in [3.8, 4) is 0 Å². The minimum absolute atomic E-state index is 0.0712. The van der Waals surface area contributed by atoms with Crippen LogP contribution in [0.2, 0.25) is 0 Å². The smallest absolute Gasteiger partial charge is 0.352 e. The third kappa shape index (κ3) is 4.16. The van der Waals surface area contributed by atoms with E-state index in [1.165, 1.54) is 33.8 Å². The highest BCUT2D eigenvalue weighted by molar-refractivity contribution is 8.01. The predicted octanol–water partition coefficient (Wildman–Crippen LogP) is -0.129. The molecule has 1 saturated heterocycles. The lowest BCUT2D eigenvalue weighted by molar-refractivity contribution is -0.150. The lowest BCUT2D eigenvalue weighted by Gasteiger charge is -2.49. The largest absolute Gasteiger partial charge is 0.477 e. The van der Waals surface area contributed by atoms with E-state index in [4.69, 9.17) is 5.73 Å². The summed E-state index contributed by atoms with van der Waals surface area (Å²) < 4.78 is 1.79. The zero-order valence-corrected chi connectivity index (χ0v) is 19.7. The van der Waals surface area contributed by atoms with E-state index in [0.29, 0.717) is 22.2 Å². The molecule has 0 radical (unpaired) electrons. The number of fused-ring (bicyclic) bond motifs is 1. The van der Waals surface area contributed by atoms with Crippen LogP contribution in [0.25, 0.3) is 0 Å². The Balaban J connectivity index is 1.49.